The molecule has 0 aromatic heterocycles. The van der Waals surface area contributed by atoms with Crippen molar-refractivity contribution in [1.82, 2.24) is 9.80 Å². The lowest BCUT2D eigenvalue weighted by Gasteiger charge is -2.37. The van der Waals surface area contributed by atoms with E-state index in [-0.39, 0.29) is 26.2 Å². The topological polar surface area (TPSA) is 113 Å². The third-order valence-corrected chi connectivity index (χ3v) is 2.53. The van der Waals surface area contributed by atoms with Crippen molar-refractivity contribution in [3.05, 3.63) is 12.7 Å². The van der Waals surface area contributed by atoms with Gasteiger partial charge in [0.1, 0.15) is 12.6 Å². The molecule has 0 saturated carbocycles. The molecule has 3 amide bonds. The van der Waals surface area contributed by atoms with Crippen LogP contribution in [0, 0.1) is 0 Å². The van der Waals surface area contributed by atoms with Gasteiger partial charge in [0.25, 0.3) is 0 Å². The van der Waals surface area contributed by atoms with Gasteiger partial charge in [-0.1, -0.05) is 12.7 Å². The minimum atomic E-state index is -1.21. The number of carbonyl (C=O) groups is 3. The van der Waals surface area contributed by atoms with Gasteiger partial charge >= 0.3 is 18.1 Å². The van der Waals surface area contributed by atoms with Gasteiger partial charge in [-0.05, 0) is 0 Å². The fourth-order valence-electron chi connectivity index (χ4n) is 1.65. The Bertz CT molecular complexity index is 371. The van der Waals surface area contributed by atoms with Gasteiger partial charge in [0, 0.05) is 13.1 Å². The highest BCUT2D eigenvalue weighted by Crippen LogP contribution is 2.11. The van der Waals surface area contributed by atoms with Crippen molar-refractivity contribution in [1.29, 1.82) is 0 Å². The van der Waals surface area contributed by atoms with E-state index < -0.39 is 24.1 Å². The highest BCUT2D eigenvalue weighted by Gasteiger charge is 2.36. The maximum Gasteiger partial charge on any atom is 0.410 e. The molecule has 1 atom stereocenters. The van der Waals surface area contributed by atoms with Crippen LogP contribution in [0.2, 0.25) is 0 Å². The van der Waals surface area contributed by atoms with Gasteiger partial charge in [-0.15, -0.1) is 0 Å². The molecular weight excluding hydrogens is 242 g/mol. The molecule has 1 saturated heterocycles. The van der Waals surface area contributed by atoms with Crippen molar-refractivity contribution in [3.63, 3.8) is 0 Å². The largest absolute Gasteiger partial charge is 0.480 e. The fraction of sp³-hybridized carbons (Fsp3) is 0.500. The van der Waals surface area contributed by atoms with Crippen molar-refractivity contribution in [2.45, 2.75) is 6.04 Å². The number of hydrogen-bond acceptors (Lipinski definition) is 4. The summed E-state index contributed by atoms with van der Waals surface area (Å²) in [5.74, 6) is -1.21. The van der Waals surface area contributed by atoms with Gasteiger partial charge in [0.05, 0.1) is 6.54 Å². The van der Waals surface area contributed by atoms with Gasteiger partial charge in [-0.25, -0.2) is 14.4 Å². The number of primary amides is 1. The van der Waals surface area contributed by atoms with E-state index >= 15 is 0 Å². The summed E-state index contributed by atoms with van der Waals surface area (Å²) >= 11 is 0. The zero-order valence-electron chi connectivity index (χ0n) is 9.74. The van der Waals surface area contributed by atoms with Gasteiger partial charge in [-0.2, -0.15) is 0 Å². The molecule has 0 aromatic carbocycles. The second-order valence-electron chi connectivity index (χ2n) is 3.70. The van der Waals surface area contributed by atoms with Crippen molar-refractivity contribution in [2.75, 3.05) is 26.2 Å². The van der Waals surface area contributed by atoms with Crippen molar-refractivity contribution < 1.29 is 24.2 Å². The van der Waals surface area contributed by atoms with E-state index in [0.29, 0.717) is 0 Å². The van der Waals surface area contributed by atoms with E-state index in [2.05, 4.69) is 6.58 Å². The van der Waals surface area contributed by atoms with Crippen molar-refractivity contribution >= 4 is 18.1 Å². The first-order valence-corrected chi connectivity index (χ1v) is 5.28. The molecule has 0 aromatic rings. The lowest BCUT2D eigenvalue weighted by Crippen LogP contribution is -2.60. The Morgan fingerprint density at radius 2 is 2.11 bits per heavy atom. The molecule has 1 unspecified atom stereocenters. The molecule has 1 aliphatic heterocycles. The zero-order chi connectivity index (χ0) is 13.7. The molecule has 1 heterocycles. The Kier molecular flexibility index (Phi) is 4.52. The molecule has 0 aliphatic carbocycles. The molecular formula is C10H15N3O5. The SMILES string of the molecule is C=CCOC(=O)N1CCN(C(N)=O)C(C(=O)O)C1. The zero-order valence-corrected chi connectivity index (χ0v) is 9.74. The Hall–Kier alpha value is -2.25. The Balaban J connectivity index is 2.68. The number of hydrogen-bond donors (Lipinski definition) is 2. The molecule has 100 valence electrons. The lowest BCUT2D eigenvalue weighted by atomic mass is 10.2. The number of nitrogens with zero attached hydrogens (tertiary/aromatic N) is 2. The number of urea groups is 1. The molecule has 0 radical (unpaired) electrons. The Morgan fingerprint density at radius 3 is 2.61 bits per heavy atom. The van der Waals surface area contributed by atoms with Crippen LogP contribution in [0.25, 0.3) is 0 Å². The van der Waals surface area contributed by atoms with Crippen LogP contribution in [0.4, 0.5) is 9.59 Å². The minimum Gasteiger partial charge on any atom is -0.480 e. The van der Waals surface area contributed by atoms with Gasteiger partial charge in [-0.3, -0.25) is 0 Å². The summed E-state index contributed by atoms with van der Waals surface area (Å²) in [4.78, 5) is 35.8. The quantitative estimate of drug-likeness (QED) is 0.659. The predicted molar refractivity (Wildman–Crippen MR) is 60.8 cm³/mol. The molecule has 0 bridgehead atoms. The summed E-state index contributed by atoms with van der Waals surface area (Å²) < 4.78 is 4.80. The average Bonchev–Trinajstić information content (AvgIpc) is 2.34. The molecule has 8 heteroatoms. The number of aliphatic carboxylic acids is 1. The second-order valence-corrected chi connectivity index (χ2v) is 3.70. The first kappa shape index (κ1) is 13.8. The van der Waals surface area contributed by atoms with Crippen LogP contribution in [0.1, 0.15) is 0 Å². The standard InChI is InChI=1S/C10H15N3O5/c1-2-5-18-10(17)12-3-4-13(9(11)16)7(6-12)8(14)15/h2,7H,1,3-6H2,(H2,11,16)(H,14,15). The number of piperazine rings is 1. The van der Waals surface area contributed by atoms with Gasteiger partial charge < -0.3 is 25.4 Å². The van der Waals surface area contributed by atoms with Crippen LogP contribution in [0.3, 0.4) is 0 Å². The summed E-state index contributed by atoms with van der Waals surface area (Å²) in [6.07, 6.45) is 0.775. The summed E-state index contributed by atoms with van der Waals surface area (Å²) in [7, 11) is 0. The van der Waals surface area contributed by atoms with E-state index in [1.54, 1.807) is 0 Å². The van der Waals surface area contributed by atoms with Crippen LogP contribution in [0.15, 0.2) is 12.7 Å². The Labute approximate surface area is 104 Å². The summed E-state index contributed by atoms with van der Waals surface area (Å²) in [5, 5.41) is 8.99. The van der Waals surface area contributed by atoms with Crippen LogP contribution >= 0.6 is 0 Å². The summed E-state index contributed by atoms with van der Waals surface area (Å²) in [5.41, 5.74) is 5.07. The predicted octanol–water partition coefficient (Wildman–Crippen LogP) is -0.541. The second kappa shape index (κ2) is 5.89. The molecule has 18 heavy (non-hydrogen) atoms. The Morgan fingerprint density at radius 1 is 1.44 bits per heavy atom. The highest BCUT2D eigenvalue weighted by molar-refractivity contribution is 5.83. The van der Waals surface area contributed by atoms with Crippen molar-refractivity contribution in [2.24, 2.45) is 5.73 Å². The van der Waals surface area contributed by atoms with Gasteiger partial charge in [0.2, 0.25) is 0 Å². The van der Waals surface area contributed by atoms with Crippen LogP contribution in [-0.4, -0.2) is 65.3 Å². The molecule has 1 fully saturated rings. The number of nitrogens with two attached hydrogens (primary N) is 1. The van der Waals surface area contributed by atoms with Crippen LogP contribution in [-0.2, 0) is 9.53 Å². The average molecular weight is 257 g/mol. The van der Waals surface area contributed by atoms with Crippen molar-refractivity contribution in [3.8, 4) is 0 Å². The maximum atomic E-state index is 11.5. The molecule has 8 nitrogen and oxygen atoms in total. The lowest BCUT2D eigenvalue weighted by molar-refractivity contribution is -0.143. The van der Waals surface area contributed by atoms with E-state index in [9.17, 15) is 14.4 Å². The van der Waals surface area contributed by atoms with E-state index in [1.165, 1.54) is 11.0 Å². The molecule has 0 spiro atoms. The number of carboxylic acid groups (broad SMARTS) is 1. The summed E-state index contributed by atoms with van der Waals surface area (Å²) in [6, 6.07) is -1.96. The molecule has 3 N–H and O–H groups in total. The number of amides is 3. The normalized spacial score (nSPS) is 19.2. The van der Waals surface area contributed by atoms with E-state index in [0.717, 1.165) is 4.90 Å². The third kappa shape index (κ3) is 3.12. The minimum absolute atomic E-state index is 0.0482. The smallest absolute Gasteiger partial charge is 0.410 e. The third-order valence-electron chi connectivity index (χ3n) is 2.53. The monoisotopic (exact) mass is 257 g/mol. The molecule has 1 aliphatic rings. The fourth-order valence-corrected chi connectivity index (χ4v) is 1.65. The highest BCUT2D eigenvalue weighted by atomic mass is 16.6. The van der Waals surface area contributed by atoms with Gasteiger partial charge in [0.15, 0.2) is 0 Å². The van der Waals surface area contributed by atoms with E-state index in [1.807, 2.05) is 0 Å². The first-order valence-electron chi connectivity index (χ1n) is 5.28. The number of carboxylic acids is 1. The first-order chi connectivity index (χ1) is 8.47. The van der Waals surface area contributed by atoms with Crippen LogP contribution < -0.4 is 5.73 Å². The maximum absolute atomic E-state index is 11.5. The van der Waals surface area contributed by atoms with Crippen LogP contribution in [0.5, 0.6) is 0 Å². The number of carbonyl (C=O) groups excluding carboxylic acids is 2. The number of ether oxygens (including phenoxy) is 1. The number of rotatable bonds is 3. The summed E-state index contributed by atoms with van der Waals surface area (Å²) in [6.45, 7) is 3.55. The van der Waals surface area contributed by atoms with E-state index in [4.69, 9.17) is 15.6 Å². The molecule has 1 rings (SSSR count).